The summed E-state index contributed by atoms with van der Waals surface area (Å²) >= 11 is 1.26. The molecule has 130 valence electrons. The Morgan fingerprint density at radius 2 is 1.88 bits per heavy atom. The van der Waals surface area contributed by atoms with Gasteiger partial charge in [-0.1, -0.05) is 56.7 Å². The maximum absolute atomic E-state index is 12.5. The molecule has 2 rings (SSSR count). The van der Waals surface area contributed by atoms with Gasteiger partial charge in [0.2, 0.25) is 0 Å². The van der Waals surface area contributed by atoms with E-state index in [0.717, 1.165) is 49.7 Å². The van der Waals surface area contributed by atoms with Crippen LogP contribution in [0.2, 0.25) is 0 Å². The van der Waals surface area contributed by atoms with E-state index >= 15 is 0 Å². The first-order chi connectivity index (χ1) is 11.7. The number of amides is 1. The molecule has 0 spiro atoms. The van der Waals surface area contributed by atoms with Crippen LogP contribution in [0.15, 0.2) is 30.5 Å². The Labute approximate surface area is 148 Å². The maximum Gasteiger partial charge on any atom is 0.281 e. The number of thioether (sulfide) groups is 1. The van der Waals surface area contributed by atoms with Gasteiger partial charge in [0.25, 0.3) is 5.24 Å². The molecule has 0 radical (unpaired) electrons. The Morgan fingerprint density at radius 1 is 1.17 bits per heavy atom. The number of hydrogen-bond donors (Lipinski definition) is 1. The van der Waals surface area contributed by atoms with Gasteiger partial charge in [-0.2, -0.15) is 0 Å². The molecule has 0 saturated carbocycles. The number of aromatic hydroxyl groups is 1. The van der Waals surface area contributed by atoms with Crippen LogP contribution in [0.25, 0.3) is 10.9 Å². The fourth-order valence-electron chi connectivity index (χ4n) is 2.51. The molecule has 1 aromatic heterocycles. The van der Waals surface area contributed by atoms with Gasteiger partial charge in [-0.25, -0.2) is 0 Å². The van der Waals surface area contributed by atoms with Crippen LogP contribution in [0, 0.1) is 0 Å². The van der Waals surface area contributed by atoms with Crippen LogP contribution >= 0.6 is 11.8 Å². The molecule has 1 heterocycles. The second-order valence-corrected chi connectivity index (χ2v) is 6.82. The normalized spacial score (nSPS) is 10.9. The smallest absolute Gasteiger partial charge is 0.281 e. The van der Waals surface area contributed by atoms with E-state index in [4.69, 9.17) is 0 Å². The van der Waals surface area contributed by atoms with Crippen molar-refractivity contribution < 1.29 is 9.90 Å². The summed E-state index contributed by atoms with van der Waals surface area (Å²) < 4.78 is 0. The Bertz CT molecular complexity index is 667. The number of phenols is 1. The van der Waals surface area contributed by atoms with E-state index < -0.39 is 0 Å². The summed E-state index contributed by atoms with van der Waals surface area (Å²) in [5.74, 6) is 0.647. The number of carbonyl (C=O) groups excluding carboxylic acids is 1. The molecule has 1 amide bonds. The molecule has 0 aliphatic rings. The summed E-state index contributed by atoms with van der Waals surface area (Å²) in [7, 11) is 0. The molecular formula is C19H26N2O2S. The summed E-state index contributed by atoms with van der Waals surface area (Å²) in [5.41, 5.74) is 1.35. The number of benzene rings is 1. The fourth-order valence-corrected chi connectivity index (χ4v) is 3.39. The topological polar surface area (TPSA) is 53.4 Å². The van der Waals surface area contributed by atoms with Crippen LogP contribution in [0.3, 0.4) is 0 Å². The van der Waals surface area contributed by atoms with E-state index in [1.165, 1.54) is 11.8 Å². The van der Waals surface area contributed by atoms with Crippen LogP contribution in [-0.4, -0.2) is 33.3 Å². The fraction of sp³-hybridized carbons (Fsp3) is 0.474. The molecule has 1 N–H and O–H groups in total. The second kappa shape index (κ2) is 9.52. The Morgan fingerprint density at radius 3 is 2.54 bits per heavy atom. The van der Waals surface area contributed by atoms with Crippen LogP contribution in [0.1, 0.15) is 45.1 Å². The Kier molecular flexibility index (Phi) is 7.37. The summed E-state index contributed by atoms with van der Waals surface area (Å²) in [5, 5.41) is 11.4. The lowest BCUT2D eigenvalue weighted by atomic mass is 10.1. The van der Waals surface area contributed by atoms with E-state index in [9.17, 15) is 9.90 Å². The maximum atomic E-state index is 12.5. The van der Waals surface area contributed by atoms with Gasteiger partial charge in [0, 0.05) is 36.0 Å². The zero-order valence-corrected chi connectivity index (χ0v) is 15.3. The van der Waals surface area contributed by atoms with Crippen molar-refractivity contribution in [3.63, 3.8) is 0 Å². The lowest BCUT2D eigenvalue weighted by molar-refractivity contribution is 0.221. The van der Waals surface area contributed by atoms with Crippen LogP contribution < -0.4 is 0 Å². The minimum Gasteiger partial charge on any atom is -0.505 e. The number of aromatic nitrogens is 1. The van der Waals surface area contributed by atoms with Crippen molar-refractivity contribution in [3.05, 3.63) is 36.0 Å². The molecule has 0 aliphatic heterocycles. The molecule has 2 aromatic rings. The first-order valence-corrected chi connectivity index (χ1v) is 9.63. The average Bonchev–Trinajstić information content (AvgIpc) is 2.61. The molecule has 0 aliphatic carbocycles. The molecule has 0 atom stereocenters. The molecule has 24 heavy (non-hydrogen) atoms. The molecular weight excluding hydrogens is 320 g/mol. The van der Waals surface area contributed by atoms with Crippen molar-refractivity contribution >= 4 is 27.9 Å². The van der Waals surface area contributed by atoms with Crippen molar-refractivity contribution in [2.75, 3.05) is 13.1 Å². The van der Waals surface area contributed by atoms with Gasteiger partial charge < -0.3 is 10.0 Å². The summed E-state index contributed by atoms with van der Waals surface area (Å²) in [6.45, 7) is 5.90. The summed E-state index contributed by atoms with van der Waals surface area (Å²) in [6, 6.07) is 7.58. The minimum absolute atomic E-state index is 0.0948. The van der Waals surface area contributed by atoms with E-state index in [-0.39, 0.29) is 11.0 Å². The second-order valence-electron chi connectivity index (χ2n) is 5.90. The highest BCUT2D eigenvalue weighted by Gasteiger charge is 2.15. The molecule has 5 heteroatoms. The summed E-state index contributed by atoms with van der Waals surface area (Å²) in [4.78, 5) is 18.7. The quantitative estimate of drug-likeness (QED) is 0.714. The number of unbranched alkanes of at least 4 members (excludes halogenated alkanes) is 2. The van der Waals surface area contributed by atoms with Crippen molar-refractivity contribution in [2.45, 2.75) is 45.3 Å². The molecule has 1 aromatic carbocycles. The molecule has 0 bridgehead atoms. The SMILES string of the molecule is CCCCN(CCCC)C(=O)SCc1ccc2cccnc2c1O. The minimum atomic E-state index is 0.0948. The molecule has 0 saturated heterocycles. The van der Waals surface area contributed by atoms with Gasteiger partial charge in [0.05, 0.1) is 0 Å². The van der Waals surface area contributed by atoms with Crippen molar-refractivity contribution in [2.24, 2.45) is 0 Å². The highest BCUT2D eigenvalue weighted by molar-refractivity contribution is 8.12. The lowest BCUT2D eigenvalue weighted by Crippen LogP contribution is -2.29. The highest BCUT2D eigenvalue weighted by Crippen LogP contribution is 2.30. The zero-order valence-electron chi connectivity index (χ0n) is 14.5. The predicted octanol–water partition coefficient (Wildman–Crippen LogP) is 5.20. The third-order valence-corrected chi connectivity index (χ3v) is 4.96. The average molecular weight is 346 g/mol. The third kappa shape index (κ3) is 4.87. The third-order valence-electron chi connectivity index (χ3n) is 4.00. The van der Waals surface area contributed by atoms with Crippen molar-refractivity contribution in [1.82, 2.24) is 9.88 Å². The molecule has 0 fully saturated rings. The van der Waals surface area contributed by atoms with Gasteiger partial charge in [-0.15, -0.1) is 0 Å². The largest absolute Gasteiger partial charge is 0.505 e. The number of nitrogens with zero attached hydrogens (tertiary/aromatic N) is 2. The predicted molar refractivity (Wildman–Crippen MR) is 101 cm³/mol. The number of hydrogen-bond acceptors (Lipinski definition) is 4. The van der Waals surface area contributed by atoms with Gasteiger partial charge >= 0.3 is 0 Å². The Hall–Kier alpha value is -1.75. The number of phenolic OH excluding ortho intramolecular Hbond substituents is 1. The van der Waals surface area contributed by atoms with Crippen LogP contribution in [0.5, 0.6) is 5.75 Å². The number of pyridine rings is 1. The van der Waals surface area contributed by atoms with Crippen molar-refractivity contribution in [1.29, 1.82) is 0 Å². The number of carbonyl (C=O) groups is 1. The number of rotatable bonds is 8. The van der Waals surface area contributed by atoms with E-state index in [2.05, 4.69) is 18.8 Å². The highest BCUT2D eigenvalue weighted by atomic mass is 32.2. The van der Waals surface area contributed by atoms with E-state index in [1.54, 1.807) is 6.20 Å². The monoisotopic (exact) mass is 346 g/mol. The Balaban J connectivity index is 2.02. The van der Waals surface area contributed by atoms with Gasteiger partial charge in [0.15, 0.2) is 0 Å². The first-order valence-electron chi connectivity index (χ1n) is 8.64. The molecule has 4 nitrogen and oxygen atoms in total. The van der Waals surface area contributed by atoms with Crippen LogP contribution in [0.4, 0.5) is 4.79 Å². The zero-order chi connectivity index (χ0) is 17.4. The van der Waals surface area contributed by atoms with Gasteiger partial charge in [-0.3, -0.25) is 9.78 Å². The van der Waals surface area contributed by atoms with Gasteiger partial charge in [0.1, 0.15) is 11.3 Å². The van der Waals surface area contributed by atoms with E-state index in [1.807, 2.05) is 29.2 Å². The van der Waals surface area contributed by atoms with Crippen molar-refractivity contribution in [3.8, 4) is 5.75 Å². The number of fused-ring (bicyclic) bond motifs is 1. The lowest BCUT2D eigenvalue weighted by Gasteiger charge is -2.21. The standard InChI is InChI=1S/C19H26N2O2S/c1-3-5-12-21(13-6-4-2)19(23)24-14-16-10-9-15-8-7-11-20-17(15)18(16)22/h7-11,22H,3-6,12-14H2,1-2H3. The van der Waals surface area contributed by atoms with Crippen LogP contribution in [-0.2, 0) is 5.75 Å². The van der Waals surface area contributed by atoms with Gasteiger partial charge in [-0.05, 0) is 18.9 Å². The first kappa shape index (κ1) is 18.6. The van der Waals surface area contributed by atoms with E-state index in [0.29, 0.717) is 11.3 Å². The summed E-state index contributed by atoms with van der Waals surface area (Å²) in [6.07, 6.45) is 5.89. The molecule has 0 unspecified atom stereocenters.